The molecule has 1 aliphatic carbocycles. The van der Waals surface area contributed by atoms with Crippen LogP contribution in [0.15, 0.2) is 11.6 Å². The molecule has 2 aromatic rings. The Bertz CT molecular complexity index is 948. The van der Waals surface area contributed by atoms with Gasteiger partial charge >= 0.3 is 0 Å². The summed E-state index contributed by atoms with van der Waals surface area (Å²) < 4.78 is 5.40. The van der Waals surface area contributed by atoms with Crippen molar-refractivity contribution >= 4 is 39.2 Å². The van der Waals surface area contributed by atoms with Crippen molar-refractivity contribution in [2.75, 3.05) is 31.6 Å². The number of carbonyl (C=O) groups excluding carboxylic acids is 1. The van der Waals surface area contributed by atoms with Crippen LogP contribution in [0.5, 0.6) is 0 Å². The third-order valence-corrected chi connectivity index (χ3v) is 7.22. The SMILES string of the molecule is Cc1csc(/C(C#N)=C/Nc2sc3c(c2C(=O)N2CCOCC2)CCCC3)n1. The van der Waals surface area contributed by atoms with Crippen LogP contribution in [0.25, 0.3) is 5.57 Å². The van der Waals surface area contributed by atoms with Gasteiger partial charge in [-0.15, -0.1) is 22.7 Å². The molecule has 0 spiro atoms. The number of morpholine rings is 1. The second-order valence-corrected chi connectivity index (χ2v) is 8.89. The highest BCUT2D eigenvalue weighted by Crippen LogP contribution is 2.39. The standard InChI is InChI=1S/C20H22N4O2S2/c1-13-12-27-18(23-13)14(10-21)11-22-19-17(15-4-2-3-5-16(15)28-19)20(25)24-6-8-26-9-7-24/h11-12,22H,2-9H2,1H3/b14-11+. The molecule has 1 saturated heterocycles. The molecule has 0 bridgehead atoms. The van der Waals surface area contributed by atoms with Crippen LogP contribution in [-0.4, -0.2) is 42.1 Å². The van der Waals surface area contributed by atoms with E-state index in [1.165, 1.54) is 21.8 Å². The highest BCUT2D eigenvalue weighted by Gasteiger charge is 2.29. The van der Waals surface area contributed by atoms with Crippen LogP contribution in [0.1, 0.15) is 44.3 Å². The Morgan fingerprint density at radius 3 is 2.86 bits per heavy atom. The van der Waals surface area contributed by atoms with Gasteiger partial charge in [0.25, 0.3) is 5.91 Å². The molecule has 2 aromatic heterocycles. The van der Waals surface area contributed by atoms with Gasteiger partial charge in [-0.25, -0.2) is 4.98 Å². The number of anilines is 1. The minimum atomic E-state index is 0.0715. The number of thiophene rings is 1. The van der Waals surface area contributed by atoms with E-state index in [0.717, 1.165) is 41.9 Å². The molecule has 0 saturated carbocycles. The molecule has 146 valence electrons. The zero-order valence-corrected chi connectivity index (χ0v) is 17.4. The number of fused-ring (bicyclic) bond motifs is 1. The number of aryl methyl sites for hydroxylation is 2. The Morgan fingerprint density at radius 2 is 2.14 bits per heavy atom. The molecule has 1 amide bonds. The average molecular weight is 415 g/mol. The van der Waals surface area contributed by atoms with Gasteiger partial charge in [-0.05, 0) is 38.2 Å². The number of aromatic nitrogens is 1. The molecular weight excluding hydrogens is 392 g/mol. The minimum Gasteiger partial charge on any atom is -0.378 e. The van der Waals surface area contributed by atoms with Crippen molar-refractivity contribution in [1.82, 2.24) is 9.88 Å². The lowest BCUT2D eigenvalue weighted by Crippen LogP contribution is -2.41. The monoisotopic (exact) mass is 414 g/mol. The van der Waals surface area contributed by atoms with Crippen LogP contribution >= 0.6 is 22.7 Å². The molecule has 4 rings (SSSR count). The Morgan fingerprint density at radius 1 is 1.36 bits per heavy atom. The average Bonchev–Trinajstić information content (AvgIpc) is 3.32. The summed E-state index contributed by atoms with van der Waals surface area (Å²) in [7, 11) is 0. The number of thiazole rings is 1. The quantitative estimate of drug-likeness (QED) is 0.769. The maximum absolute atomic E-state index is 13.3. The number of nitriles is 1. The number of carbonyl (C=O) groups is 1. The molecule has 2 aliphatic rings. The van der Waals surface area contributed by atoms with Crippen LogP contribution in [0.3, 0.4) is 0 Å². The number of amides is 1. The van der Waals surface area contributed by atoms with Crippen molar-refractivity contribution in [3.63, 3.8) is 0 Å². The van der Waals surface area contributed by atoms with Crippen molar-refractivity contribution in [1.29, 1.82) is 5.26 Å². The molecule has 3 heterocycles. The largest absolute Gasteiger partial charge is 0.378 e. The maximum atomic E-state index is 13.3. The van der Waals surface area contributed by atoms with E-state index in [1.807, 2.05) is 17.2 Å². The van der Waals surface area contributed by atoms with Crippen LogP contribution in [0, 0.1) is 18.3 Å². The first-order valence-corrected chi connectivity index (χ1v) is 11.2. The summed E-state index contributed by atoms with van der Waals surface area (Å²) in [5, 5.41) is 16.3. The molecular formula is C20H22N4O2S2. The molecule has 1 fully saturated rings. The van der Waals surface area contributed by atoms with Crippen LogP contribution in [-0.2, 0) is 17.6 Å². The van der Waals surface area contributed by atoms with E-state index in [-0.39, 0.29) is 5.91 Å². The summed E-state index contributed by atoms with van der Waals surface area (Å²) >= 11 is 3.10. The van der Waals surface area contributed by atoms with E-state index in [2.05, 4.69) is 16.4 Å². The topological polar surface area (TPSA) is 78.2 Å². The van der Waals surface area contributed by atoms with E-state index >= 15 is 0 Å². The van der Waals surface area contributed by atoms with E-state index in [1.54, 1.807) is 17.5 Å². The van der Waals surface area contributed by atoms with Gasteiger partial charge < -0.3 is 15.0 Å². The van der Waals surface area contributed by atoms with E-state index in [4.69, 9.17) is 4.74 Å². The molecule has 6 nitrogen and oxygen atoms in total. The highest BCUT2D eigenvalue weighted by atomic mass is 32.1. The fraction of sp³-hybridized carbons (Fsp3) is 0.450. The summed E-state index contributed by atoms with van der Waals surface area (Å²) in [6.07, 6.45) is 5.93. The molecule has 1 aliphatic heterocycles. The van der Waals surface area contributed by atoms with Crippen molar-refractivity contribution in [3.05, 3.63) is 38.3 Å². The number of ether oxygens (including phenoxy) is 1. The third-order valence-electron chi connectivity index (χ3n) is 5.00. The molecule has 8 heteroatoms. The van der Waals surface area contributed by atoms with Crippen molar-refractivity contribution in [2.45, 2.75) is 32.6 Å². The lowest BCUT2D eigenvalue weighted by molar-refractivity contribution is 0.0303. The minimum absolute atomic E-state index is 0.0715. The Balaban J connectivity index is 1.66. The van der Waals surface area contributed by atoms with Crippen LogP contribution in [0.4, 0.5) is 5.00 Å². The molecule has 0 radical (unpaired) electrons. The van der Waals surface area contributed by atoms with E-state index < -0.39 is 0 Å². The number of hydrogen-bond donors (Lipinski definition) is 1. The van der Waals surface area contributed by atoms with E-state index in [0.29, 0.717) is 36.9 Å². The van der Waals surface area contributed by atoms with Gasteiger partial charge in [-0.3, -0.25) is 4.79 Å². The van der Waals surface area contributed by atoms with Crippen molar-refractivity contribution in [2.24, 2.45) is 0 Å². The second-order valence-electron chi connectivity index (χ2n) is 6.93. The molecule has 0 aromatic carbocycles. The van der Waals surface area contributed by atoms with Gasteiger partial charge in [0.2, 0.25) is 0 Å². The zero-order chi connectivity index (χ0) is 19.5. The van der Waals surface area contributed by atoms with Gasteiger partial charge in [0, 0.05) is 35.2 Å². The van der Waals surface area contributed by atoms with Gasteiger partial charge in [0.15, 0.2) is 0 Å². The Kier molecular flexibility index (Phi) is 5.76. The van der Waals surface area contributed by atoms with Gasteiger partial charge in [0.05, 0.1) is 18.8 Å². The lowest BCUT2D eigenvalue weighted by atomic mass is 9.95. The molecule has 28 heavy (non-hydrogen) atoms. The normalized spacial score (nSPS) is 17.1. The third kappa shape index (κ3) is 3.83. The zero-order valence-electron chi connectivity index (χ0n) is 15.8. The second kappa shape index (κ2) is 8.43. The van der Waals surface area contributed by atoms with Crippen LogP contribution in [0.2, 0.25) is 0 Å². The first-order chi connectivity index (χ1) is 13.7. The smallest absolute Gasteiger partial charge is 0.257 e. The van der Waals surface area contributed by atoms with E-state index in [9.17, 15) is 10.1 Å². The fourth-order valence-corrected chi connectivity index (χ4v) is 5.59. The summed E-state index contributed by atoms with van der Waals surface area (Å²) in [5.41, 5.74) is 3.35. The van der Waals surface area contributed by atoms with Gasteiger partial charge in [0.1, 0.15) is 21.7 Å². The predicted octanol–water partition coefficient (Wildman–Crippen LogP) is 3.84. The van der Waals surface area contributed by atoms with Crippen LogP contribution < -0.4 is 5.32 Å². The Labute approximate surface area is 172 Å². The lowest BCUT2D eigenvalue weighted by Gasteiger charge is -2.27. The number of nitrogens with one attached hydrogen (secondary N) is 1. The molecule has 0 atom stereocenters. The Hall–Kier alpha value is -2.21. The first-order valence-electron chi connectivity index (χ1n) is 9.48. The summed E-state index contributed by atoms with van der Waals surface area (Å²) in [6.45, 7) is 4.33. The number of rotatable bonds is 4. The summed E-state index contributed by atoms with van der Waals surface area (Å²) in [6, 6.07) is 2.22. The fourth-order valence-electron chi connectivity index (χ4n) is 3.58. The predicted molar refractivity (Wildman–Crippen MR) is 112 cm³/mol. The first kappa shape index (κ1) is 19.1. The number of hydrogen-bond acceptors (Lipinski definition) is 7. The number of allylic oxidation sites excluding steroid dienone is 1. The molecule has 1 N–H and O–H groups in total. The number of nitrogens with zero attached hydrogens (tertiary/aromatic N) is 3. The van der Waals surface area contributed by atoms with Crippen molar-refractivity contribution in [3.8, 4) is 6.07 Å². The van der Waals surface area contributed by atoms with Crippen molar-refractivity contribution < 1.29 is 9.53 Å². The molecule has 0 unspecified atom stereocenters. The summed E-state index contributed by atoms with van der Waals surface area (Å²) in [5.74, 6) is 0.0715. The highest BCUT2D eigenvalue weighted by molar-refractivity contribution is 7.16. The van der Waals surface area contributed by atoms with Gasteiger partial charge in [-0.2, -0.15) is 5.26 Å². The summed E-state index contributed by atoms with van der Waals surface area (Å²) in [4.78, 5) is 20.8. The maximum Gasteiger partial charge on any atom is 0.257 e. The van der Waals surface area contributed by atoms with Gasteiger partial charge in [-0.1, -0.05) is 0 Å².